The summed E-state index contributed by atoms with van der Waals surface area (Å²) >= 11 is 0. The van der Waals surface area contributed by atoms with Crippen molar-refractivity contribution >= 4 is 11.9 Å². The van der Waals surface area contributed by atoms with E-state index in [0.717, 1.165) is 6.42 Å². The van der Waals surface area contributed by atoms with Crippen molar-refractivity contribution < 1.29 is 43.9 Å². The number of carbonyl (C=O) groups excluding carboxylic acids is 2. The zero-order valence-corrected chi connectivity index (χ0v) is 25.8. The van der Waals surface area contributed by atoms with E-state index in [2.05, 4.69) is 13.8 Å². The molecule has 0 aromatic heterocycles. The highest BCUT2D eigenvalue weighted by Crippen LogP contribution is 2.37. The number of aliphatic hydroxyl groups is 3. The van der Waals surface area contributed by atoms with Crippen molar-refractivity contribution in [3.05, 3.63) is 36.0 Å². The van der Waals surface area contributed by atoms with E-state index in [9.17, 15) is 24.9 Å². The molecule has 0 aromatic rings. The van der Waals surface area contributed by atoms with Crippen LogP contribution in [-0.2, 0) is 28.5 Å². The lowest BCUT2D eigenvalue weighted by molar-refractivity contribution is -0.157. The Morgan fingerprint density at radius 1 is 1.32 bits per heavy atom. The number of nitrogens with two attached hydrogens (primary N) is 1. The minimum absolute atomic E-state index is 0.0458. The molecule has 2 aliphatic rings. The molecule has 10 heteroatoms. The number of allylic oxidation sites excluding steroid dienone is 2. The smallest absolute Gasteiger partial charge is 0.309 e. The van der Waals surface area contributed by atoms with Gasteiger partial charge in [-0.15, -0.1) is 0 Å². The molecule has 2 aliphatic heterocycles. The van der Waals surface area contributed by atoms with E-state index in [1.54, 1.807) is 51.3 Å². The summed E-state index contributed by atoms with van der Waals surface area (Å²) in [5.41, 5.74) is 4.27. The maximum absolute atomic E-state index is 12.7. The molecule has 41 heavy (non-hydrogen) atoms. The predicted octanol–water partition coefficient (Wildman–Crippen LogP) is 2.73. The molecule has 5 N–H and O–H groups in total. The van der Waals surface area contributed by atoms with Crippen molar-refractivity contribution in [2.75, 3.05) is 7.11 Å². The lowest BCUT2D eigenvalue weighted by Crippen LogP contribution is -2.49. The SMILES string of the molecule is CC[C@H](OC)[C@@H](C)[C@H]1O[C@@H]1C(N)C(C)(O)/C=C/C=C(\C)[C@@H]1OC(=O)C[C@H](O)CC[C@@](C)(O)[C@@H](OC(C)=O)/C=C/[C@@H]1C. The molecule has 2 rings (SSSR count). The molecule has 11 atom stereocenters. The normalized spacial score (nSPS) is 36.2. The Labute approximate surface area is 244 Å². The van der Waals surface area contributed by atoms with Crippen LogP contribution >= 0.6 is 0 Å². The van der Waals surface area contributed by atoms with Gasteiger partial charge in [-0.1, -0.05) is 45.1 Å². The zero-order chi connectivity index (χ0) is 31.1. The van der Waals surface area contributed by atoms with Gasteiger partial charge in [-0.3, -0.25) is 9.59 Å². The largest absolute Gasteiger partial charge is 0.457 e. The lowest BCUT2D eigenvalue weighted by atomic mass is 9.87. The number of methoxy groups -OCH3 is 1. The summed E-state index contributed by atoms with van der Waals surface area (Å²) in [7, 11) is 1.68. The van der Waals surface area contributed by atoms with Crippen LogP contribution in [0.5, 0.6) is 0 Å². The number of cyclic esters (lactones) is 1. The van der Waals surface area contributed by atoms with Crippen LogP contribution in [-0.4, -0.2) is 88.2 Å². The number of hydrogen-bond donors (Lipinski definition) is 4. The first-order valence-corrected chi connectivity index (χ1v) is 14.5. The Morgan fingerprint density at radius 3 is 2.56 bits per heavy atom. The number of rotatable bonds is 10. The van der Waals surface area contributed by atoms with Gasteiger partial charge in [0.2, 0.25) is 0 Å². The summed E-state index contributed by atoms with van der Waals surface area (Å²) in [5, 5.41) is 32.5. The van der Waals surface area contributed by atoms with E-state index in [-0.39, 0.29) is 49.4 Å². The Bertz CT molecular complexity index is 969. The van der Waals surface area contributed by atoms with Gasteiger partial charge < -0.3 is 40.0 Å². The van der Waals surface area contributed by atoms with Crippen LogP contribution in [0, 0.1) is 11.8 Å². The molecule has 234 valence electrons. The third kappa shape index (κ3) is 10.0. The Kier molecular flexibility index (Phi) is 12.8. The van der Waals surface area contributed by atoms with Crippen molar-refractivity contribution in [1.29, 1.82) is 0 Å². The average molecular weight is 582 g/mol. The van der Waals surface area contributed by atoms with Crippen molar-refractivity contribution in [3.63, 3.8) is 0 Å². The topological polar surface area (TPSA) is 161 Å². The van der Waals surface area contributed by atoms with Crippen LogP contribution in [0.25, 0.3) is 0 Å². The van der Waals surface area contributed by atoms with E-state index in [1.165, 1.54) is 13.8 Å². The van der Waals surface area contributed by atoms with Crippen LogP contribution < -0.4 is 5.73 Å². The highest BCUT2D eigenvalue weighted by molar-refractivity contribution is 5.70. The van der Waals surface area contributed by atoms with E-state index in [0.29, 0.717) is 5.57 Å². The highest BCUT2D eigenvalue weighted by Gasteiger charge is 2.52. The predicted molar refractivity (Wildman–Crippen MR) is 155 cm³/mol. The first-order chi connectivity index (χ1) is 19.0. The number of aliphatic hydroxyl groups excluding tert-OH is 1. The third-order valence-electron chi connectivity index (χ3n) is 8.26. The quantitative estimate of drug-likeness (QED) is 0.131. The molecule has 10 nitrogen and oxygen atoms in total. The molecule has 2 heterocycles. The van der Waals surface area contributed by atoms with Gasteiger partial charge in [0, 0.05) is 25.9 Å². The highest BCUT2D eigenvalue weighted by atomic mass is 16.6. The average Bonchev–Trinajstić information content (AvgIpc) is 3.68. The van der Waals surface area contributed by atoms with Crippen LogP contribution in [0.4, 0.5) is 0 Å². The van der Waals surface area contributed by atoms with Crippen molar-refractivity contribution in [1.82, 2.24) is 0 Å². The minimum Gasteiger partial charge on any atom is -0.457 e. The third-order valence-corrected chi connectivity index (χ3v) is 8.26. The summed E-state index contributed by atoms with van der Waals surface area (Å²) in [6.07, 6.45) is 6.13. The van der Waals surface area contributed by atoms with Gasteiger partial charge in [0.25, 0.3) is 0 Å². The second kappa shape index (κ2) is 14.9. The van der Waals surface area contributed by atoms with Gasteiger partial charge >= 0.3 is 11.9 Å². The fraction of sp³-hybridized carbons (Fsp3) is 0.742. The molecule has 0 aliphatic carbocycles. The first kappa shape index (κ1) is 35.1. The second-order valence-corrected chi connectivity index (χ2v) is 12.1. The monoisotopic (exact) mass is 581 g/mol. The maximum atomic E-state index is 12.7. The lowest BCUT2D eigenvalue weighted by Gasteiger charge is -2.32. The first-order valence-electron chi connectivity index (χ1n) is 14.5. The standard InChI is InChI=1S/C31H51NO9/c1-9-23(38-8)20(4)27-28(41-27)29(32)31(7,37)15-10-11-18(2)26-19(3)12-13-24(39-21(5)33)30(6,36)16-14-22(34)17-25(35)40-26/h10-13,15,19-20,22-24,26-29,34,36-37H,9,14,16-17,32H2,1-8H3/b13-12+,15-10+,18-11+/t19-,20+,22+,23-,24-,26-,27+,28-,29?,30+,31?/m0/s1. The van der Waals surface area contributed by atoms with Gasteiger partial charge in [0.1, 0.15) is 23.9 Å². The van der Waals surface area contributed by atoms with E-state index < -0.39 is 47.5 Å². The van der Waals surface area contributed by atoms with E-state index in [4.69, 9.17) is 24.7 Å². The van der Waals surface area contributed by atoms with E-state index in [1.807, 2.05) is 6.92 Å². The Hall–Kier alpha value is -2.08. The number of epoxide rings is 1. The molecule has 0 amide bonds. The molecular weight excluding hydrogens is 530 g/mol. The van der Waals surface area contributed by atoms with Crippen molar-refractivity contribution in [2.24, 2.45) is 17.6 Å². The number of esters is 2. The molecule has 0 aromatic carbocycles. The summed E-state index contributed by atoms with van der Waals surface area (Å²) in [5.74, 6) is -1.35. The second-order valence-electron chi connectivity index (χ2n) is 12.1. The van der Waals surface area contributed by atoms with Gasteiger partial charge in [-0.2, -0.15) is 0 Å². The van der Waals surface area contributed by atoms with Gasteiger partial charge in [-0.25, -0.2) is 0 Å². The Morgan fingerprint density at radius 2 is 1.98 bits per heavy atom. The number of ether oxygens (including phenoxy) is 4. The molecule has 1 saturated heterocycles. The molecule has 1 fully saturated rings. The fourth-order valence-corrected chi connectivity index (χ4v) is 5.38. The van der Waals surface area contributed by atoms with Crippen LogP contribution in [0.15, 0.2) is 36.0 Å². The fourth-order valence-electron chi connectivity index (χ4n) is 5.38. The van der Waals surface area contributed by atoms with Gasteiger partial charge in [0.05, 0.1) is 36.4 Å². The molecule has 2 unspecified atom stereocenters. The van der Waals surface area contributed by atoms with Crippen molar-refractivity contribution in [3.8, 4) is 0 Å². The number of carbonyl (C=O) groups is 2. The molecule has 0 bridgehead atoms. The number of hydrogen-bond acceptors (Lipinski definition) is 10. The van der Waals surface area contributed by atoms with Gasteiger partial charge in [0.15, 0.2) is 0 Å². The summed E-state index contributed by atoms with van der Waals surface area (Å²) in [6.45, 7) is 12.2. The maximum Gasteiger partial charge on any atom is 0.309 e. The van der Waals surface area contributed by atoms with Crippen molar-refractivity contribution in [2.45, 2.75) is 128 Å². The molecule has 0 spiro atoms. The summed E-state index contributed by atoms with van der Waals surface area (Å²) in [6, 6.07) is -0.664. The molecule has 0 saturated carbocycles. The summed E-state index contributed by atoms with van der Waals surface area (Å²) in [4.78, 5) is 24.4. The van der Waals surface area contributed by atoms with Crippen LogP contribution in [0.1, 0.15) is 74.1 Å². The van der Waals surface area contributed by atoms with Gasteiger partial charge in [-0.05, 0) is 51.7 Å². The minimum atomic E-state index is -1.44. The Balaban J connectivity index is 2.22. The summed E-state index contributed by atoms with van der Waals surface area (Å²) < 4.78 is 22.5. The van der Waals surface area contributed by atoms with Crippen LogP contribution in [0.2, 0.25) is 0 Å². The van der Waals surface area contributed by atoms with E-state index >= 15 is 0 Å². The van der Waals surface area contributed by atoms with Crippen LogP contribution in [0.3, 0.4) is 0 Å². The molecule has 0 radical (unpaired) electrons. The zero-order valence-electron chi connectivity index (χ0n) is 25.8. The molecular formula is C31H51NO9.